The fraction of sp³-hybridized carbons (Fsp3) is 0.350. The molecule has 6 nitrogen and oxygen atoms in total. The number of hydrogen-bond donors (Lipinski definition) is 0. The molecule has 2 aliphatic rings. The highest BCUT2D eigenvalue weighted by atomic mass is 32.2. The Morgan fingerprint density at radius 3 is 2.50 bits per heavy atom. The summed E-state index contributed by atoms with van der Waals surface area (Å²) in [5, 5.41) is 0. The molecule has 1 atom stereocenters. The molecule has 0 aromatic heterocycles. The molecule has 148 valence electrons. The largest absolute Gasteiger partial charge is 0.331 e. The minimum Gasteiger partial charge on any atom is -0.331 e. The average Bonchev–Trinajstić information content (AvgIpc) is 3.18. The Balaban J connectivity index is 1.79. The summed E-state index contributed by atoms with van der Waals surface area (Å²) < 4.78 is 41.5. The summed E-state index contributed by atoms with van der Waals surface area (Å²) in [5.41, 5.74) is 0.621. The Hall–Kier alpha value is -2.45. The van der Waals surface area contributed by atoms with Crippen LogP contribution in [0.5, 0.6) is 0 Å². The van der Waals surface area contributed by atoms with Crippen LogP contribution in [0.1, 0.15) is 17.5 Å². The van der Waals surface area contributed by atoms with E-state index in [2.05, 4.69) is 0 Å². The van der Waals surface area contributed by atoms with Crippen molar-refractivity contribution >= 4 is 16.1 Å². The quantitative estimate of drug-likeness (QED) is 0.775. The summed E-state index contributed by atoms with van der Waals surface area (Å²) >= 11 is 0. The highest BCUT2D eigenvalue weighted by Crippen LogP contribution is 2.50. The summed E-state index contributed by atoms with van der Waals surface area (Å²) in [6.45, 7) is 0.892. The second-order valence-electron chi connectivity index (χ2n) is 7.51. The van der Waals surface area contributed by atoms with Crippen LogP contribution in [0.4, 0.5) is 9.18 Å². The monoisotopic (exact) mass is 403 g/mol. The number of carbonyl (C=O) groups is 1. The van der Waals surface area contributed by atoms with Gasteiger partial charge in [-0.2, -0.15) is 4.31 Å². The summed E-state index contributed by atoms with van der Waals surface area (Å²) in [6.07, 6.45) is 0.518. The van der Waals surface area contributed by atoms with Crippen LogP contribution in [-0.4, -0.2) is 55.7 Å². The topological polar surface area (TPSA) is 60.9 Å². The lowest BCUT2D eigenvalue weighted by atomic mass is 9.88. The molecule has 0 bridgehead atoms. The van der Waals surface area contributed by atoms with E-state index in [0.717, 1.165) is 5.56 Å². The predicted octanol–water partition coefficient (Wildman–Crippen LogP) is 2.61. The van der Waals surface area contributed by atoms with Crippen molar-refractivity contribution in [2.45, 2.75) is 23.4 Å². The predicted molar refractivity (Wildman–Crippen MR) is 103 cm³/mol. The molecular formula is C20H22FN3O3S. The van der Waals surface area contributed by atoms with Crippen molar-refractivity contribution in [3.05, 3.63) is 65.5 Å². The first-order valence-electron chi connectivity index (χ1n) is 9.09. The van der Waals surface area contributed by atoms with E-state index in [0.29, 0.717) is 25.1 Å². The summed E-state index contributed by atoms with van der Waals surface area (Å²) in [5.74, 6) is -0.366. The van der Waals surface area contributed by atoms with Crippen molar-refractivity contribution in [3.63, 3.8) is 0 Å². The van der Waals surface area contributed by atoms with Crippen molar-refractivity contribution < 1.29 is 17.6 Å². The van der Waals surface area contributed by atoms with Gasteiger partial charge in [-0.3, -0.25) is 0 Å². The normalized spacial score (nSPS) is 23.2. The number of benzene rings is 2. The molecule has 2 amide bonds. The van der Waals surface area contributed by atoms with Crippen molar-refractivity contribution in [2.75, 3.05) is 27.2 Å². The van der Waals surface area contributed by atoms with E-state index in [9.17, 15) is 17.6 Å². The lowest BCUT2D eigenvalue weighted by Crippen LogP contribution is -2.47. The molecular weight excluding hydrogens is 381 g/mol. The smallest absolute Gasteiger partial charge is 0.319 e. The van der Waals surface area contributed by atoms with Crippen LogP contribution in [0.2, 0.25) is 0 Å². The summed E-state index contributed by atoms with van der Waals surface area (Å²) in [4.78, 5) is 16.0. The van der Waals surface area contributed by atoms with Gasteiger partial charge in [-0.1, -0.05) is 30.3 Å². The molecule has 0 radical (unpaired) electrons. The standard InChI is InChI=1S/C20H22FN3O3S/c1-22(2)19(25)23-12-11-20(14-23)17-5-3-4-6-18(17)28(26,27)24(20)13-15-7-9-16(21)10-8-15/h3-10H,11-14H2,1-2H3. The lowest BCUT2D eigenvalue weighted by molar-refractivity contribution is 0.161. The fourth-order valence-electron chi connectivity index (χ4n) is 4.21. The van der Waals surface area contributed by atoms with Gasteiger partial charge in [-0.15, -0.1) is 0 Å². The highest BCUT2D eigenvalue weighted by Gasteiger charge is 2.57. The van der Waals surface area contributed by atoms with Crippen LogP contribution in [-0.2, 0) is 22.1 Å². The van der Waals surface area contributed by atoms with Crippen molar-refractivity contribution in [3.8, 4) is 0 Å². The molecule has 2 aliphatic heterocycles. The van der Waals surface area contributed by atoms with Crippen LogP contribution in [0.25, 0.3) is 0 Å². The third-order valence-corrected chi connectivity index (χ3v) is 7.54. The minimum atomic E-state index is -3.73. The molecule has 0 N–H and O–H groups in total. The van der Waals surface area contributed by atoms with E-state index < -0.39 is 15.6 Å². The van der Waals surface area contributed by atoms with Gasteiger partial charge in [0.25, 0.3) is 0 Å². The van der Waals surface area contributed by atoms with Crippen LogP contribution in [0.3, 0.4) is 0 Å². The van der Waals surface area contributed by atoms with Gasteiger partial charge in [0.05, 0.1) is 10.4 Å². The van der Waals surface area contributed by atoms with Crippen LogP contribution >= 0.6 is 0 Å². The Morgan fingerprint density at radius 1 is 1.14 bits per heavy atom. The number of fused-ring (bicyclic) bond motifs is 2. The zero-order chi connectivity index (χ0) is 20.1. The third kappa shape index (κ3) is 2.79. The molecule has 0 aliphatic carbocycles. The Morgan fingerprint density at radius 2 is 1.82 bits per heavy atom. The highest BCUT2D eigenvalue weighted by molar-refractivity contribution is 7.89. The summed E-state index contributed by atoms with van der Waals surface area (Å²) in [6, 6.07) is 12.7. The first kappa shape index (κ1) is 18.9. The van der Waals surface area contributed by atoms with Gasteiger partial charge in [-0.05, 0) is 35.7 Å². The molecule has 2 heterocycles. The van der Waals surface area contributed by atoms with Gasteiger partial charge in [0.2, 0.25) is 10.0 Å². The Labute approximate surface area is 164 Å². The summed E-state index contributed by atoms with van der Waals surface area (Å²) in [7, 11) is -0.361. The molecule has 1 unspecified atom stereocenters. The van der Waals surface area contributed by atoms with Crippen molar-refractivity contribution in [1.29, 1.82) is 0 Å². The van der Waals surface area contributed by atoms with E-state index in [1.165, 1.54) is 21.3 Å². The van der Waals surface area contributed by atoms with Crippen LogP contribution in [0.15, 0.2) is 53.4 Å². The van der Waals surface area contributed by atoms with Gasteiger partial charge < -0.3 is 9.80 Å². The number of hydrogen-bond acceptors (Lipinski definition) is 3. The number of carbonyl (C=O) groups excluding carboxylic acids is 1. The van der Waals surface area contributed by atoms with E-state index in [1.807, 2.05) is 12.1 Å². The SMILES string of the molecule is CN(C)C(=O)N1CCC2(C1)c1ccccc1S(=O)(=O)N2Cc1ccc(F)cc1. The number of nitrogens with zero attached hydrogens (tertiary/aromatic N) is 3. The molecule has 0 saturated carbocycles. The molecule has 1 saturated heterocycles. The van der Waals surface area contributed by atoms with Gasteiger partial charge in [0.15, 0.2) is 0 Å². The van der Waals surface area contributed by atoms with Gasteiger partial charge in [-0.25, -0.2) is 17.6 Å². The Bertz CT molecular complexity index is 1020. The van der Waals surface area contributed by atoms with Crippen LogP contribution < -0.4 is 0 Å². The number of halogens is 1. The zero-order valence-electron chi connectivity index (χ0n) is 15.8. The minimum absolute atomic E-state index is 0.126. The Kier molecular flexibility index (Phi) is 4.43. The van der Waals surface area contributed by atoms with Gasteiger partial charge in [0, 0.05) is 33.7 Å². The van der Waals surface area contributed by atoms with Crippen LogP contribution in [0, 0.1) is 5.82 Å². The second kappa shape index (κ2) is 6.56. The molecule has 8 heteroatoms. The molecule has 2 aromatic carbocycles. The third-order valence-electron chi connectivity index (χ3n) is 5.57. The molecule has 28 heavy (non-hydrogen) atoms. The van der Waals surface area contributed by atoms with E-state index in [4.69, 9.17) is 0 Å². The number of rotatable bonds is 2. The van der Waals surface area contributed by atoms with Gasteiger partial charge >= 0.3 is 6.03 Å². The maximum atomic E-state index is 13.4. The van der Waals surface area contributed by atoms with E-state index in [1.54, 1.807) is 43.3 Å². The van der Waals surface area contributed by atoms with Gasteiger partial charge in [0.1, 0.15) is 5.82 Å². The number of urea groups is 1. The first-order chi connectivity index (χ1) is 13.3. The zero-order valence-corrected chi connectivity index (χ0v) is 16.6. The molecule has 2 aromatic rings. The first-order valence-corrected chi connectivity index (χ1v) is 10.5. The lowest BCUT2D eigenvalue weighted by Gasteiger charge is -2.34. The average molecular weight is 403 g/mol. The molecule has 4 rings (SSSR count). The second-order valence-corrected chi connectivity index (χ2v) is 9.35. The number of amides is 2. The molecule has 1 fully saturated rings. The van der Waals surface area contributed by atoms with Crippen molar-refractivity contribution in [2.24, 2.45) is 0 Å². The molecule has 1 spiro atoms. The number of likely N-dealkylation sites (tertiary alicyclic amines) is 1. The van der Waals surface area contributed by atoms with E-state index in [-0.39, 0.29) is 23.3 Å². The fourth-order valence-corrected chi connectivity index (χ4v) is 6.26. The maximum Gasteiger partial charge on any atom is 0.319 e. The van der Waals surface area contributed by atoms with E-state index >= 15 is 0 Å². The van der Waals surface area contributed by atoms with Crippen molar-refractivity contribution in [1.82, 2.24) is 14.1 Å². The maximum absolute atomic E-state index is 13.4. The number of sulfonamides is 1.